The third kappa shape index (κ3) is 3.06. The average molecular weight is 214 g/mol. The molecule has 0 amide bonds. The van der Waals surface area contributed by atoms with Crippen LogP contribution in [0.1, 0.15) is 31.2 Å². The predicted molar refractivity (Wildman–Crippen MR) is 66.3 cm³/mol. The van der Waals surface area contributed by atoms with Gasteiger partial charge in [-0.3, -0.25) is 4.79 Å². The van der Waals surface area contributed by atoms with E-state index in [4.69, 9.17) is 0 Å². The van der Waals surface area contributed by atoms with Gasteiger partial charge in [0, 0.05) is 12.3 Å². The fourth-order valence-corrected chi connectivity index (χ4v) is 2.20. The molecule has 1 saturated carbocycles. The Morgan fingerprint density at radius 3 is 2.75 bits per heavy atom. The highest BCUT2D eigenvalue weighted by Gasteiger charge is 2.20. The van der Waals surface area contributed by atoms with E-state index in [9.17, 15) is 4.79 Å². The zero-order valence-electron chi connectivity index (χ0n) is 9.56. The summed E-state index contributed by atoms with van der Waals surface area (Å²) in [6.45, 7) is 0. The average Bonchev–Trinajstić information content (AvgIpc) is 2.72. The molecule has 2 rings (SSSR count). The number of carbonyl (C=O) groups excluding carboxylic acids is 1. The van der Waals surface area contributed by atoms with Gasteiger partial charge in [0.05, 0.1) is 0 Å². The van der Waals surface area contributed by atoms with Crippen molar-refractivity contribution >= 4 is 5.78 Å². The maximum atomic E-state index is 11.4. The summed E-state index contributed by atoms with van der Waals surface area (Å²) in [7, 11) is 0. The molecule has 0 N–H and O–H groups in total. The Labute approximate surface area is 97.2 Å². The Hall–Kier alpha value is -1.37. The van der Waals surface area contributed by atoms with Crippen molar-refractivity contribution in [3.63, 3.8) is 0 Å². The van der Waals surface area contributed by atoms with Crippen molar-refractivity contribution in [3.8, 4) is 0 Å². The first-order chi connectivity index (χ1) is 7.86. The van der Waals surface area contributed by atoms with Crippen LogP contribution in [0, 0.1) is 5.92 Å². The molecular formula is C15H18O. The summed E-state index contributed by atoms with van der Waals surface area (Å²) >= 11 is 0. The maximum absolute atomic E-state index is 11.4. The molecule has 0 aliphatic heterocycles. The first-order valence-electron chi connectivity index (χ1n) is 6.09. The van der Waals surface area contributed by atoms with E-state index >= 15 is 0 Å². The van der Waals surface area contributed by atoms with Gasteiger partial charge in [-0.15, -0.1) is 0 Å². The minimum atomic E-state index is 0.218. The van der Waals surface area contributed by atoms with Gasteiger partial charge in [0.15, 0.2) is 0 Å². The molecule has 0 aromatic heterocycles. The molecule has 1 atom stereocenters. The largest absolute Gasteiger partial charge is 0.299 e. The Morgan fingerprint density at radius 1 is 1.25 bits per heavy atom. The van der Waals surface area contributed by atoms with Crippen LogP contribution in [0.15, 0.2) is 42.5 Å². The molecule has 0 spiro atoms. The van der Waals surface area contributed by atoms with Crippen LogP contribution in [0.5, 0.6) is 0 Å². The second-order valence-electron chi connectivity index (χ2n) is 4.42. The van der Waals surface area contributed by atoms with E-state index in [1.165, 1.54) is 5.56 Å². The molecule has 1 heteroatoms. The second kappa shape index (κ2) is 5.64. The lowest BCUT2D eigenvalue weighted by Gasteiger charge is -2.00. The standard InChI is InChI=1S/C15H18O/c16-15-12-6-11-14(15)10-5-4-9-13-7-2-1-3-8-13/h1-3,5,7-8,10,14H,4,6,9,11-12H2/b10-5+. The number of allylic oxidation sites excluding steroid dienone is 2. The van der Waals surface area contributed by atoms with Gasteiger partial charge in [-0.25, -0.2) is 0 Å². The lowest BCUT2D eigenvalue weighted by Crippen LogP contribution is -2.01. The number of benzene rings is 1. The SMILES string of the molecule is O=C1CCCC1/C=C/CCc1ccccc1. The van der Waals surface area contributed by atoms with Crippen molar-refractivity contribution in [1.82, 2.24) is 0 Å². The zero-order valence-corrected chi connectivity index (χ0v) is 9.56. The fraction of sp³-hybridized carbons (Fsp3) is 0.400. The highest BCUT2D eigenvalue weighted by molar-refractivity contribution is 5.84. The van der Waals surface area contributed by atoms with Gasteiger partial charge in [-0.05, 0) is 31.2 Å². The number of Topliss-reactive ketones (excluding diaryl/α,β-unsaturated/α-hetero) is 1. The van der Waals surface area contributed by atoms with E-state index in [2.05, 4.69) is 36.4 Å². The van der Waals surface area contributed by atoms with Crippen LogP contribution >= 0.6 is 0 Å². The summed E-state index contributed by atoms with van der Waals surface area (Å²) in [5, 5.41) is 0. The fourth-order valence-electron chi connectivity index (χ4n) is 2.20. The summed E-state index contributed by atoms with van der Waals surface area (Å²) < 4.78 is 0. The molecule has 1 nitrogen and oxygen atoms in total. The Morgan fingerprint density at radius 2 is 2.06 bits per heavy atom. The third-order valence-electron chi connectivity index (χ3n) is 3.16. The van der Waals surface area contributed by atoms with Crippen molar-refractivity contribution in [1.29, 1.82) is 0 Å². The number of ketones is 1. The summed E-state index contributed by atoms with van der Waals surface area (Å²) in [6.07, 6.45) is 9.30. The van der Waals surface area contributed by atoms with E-state index in [1.807, 2.05) is 6.07 Å². The number of aryl methyl sites for hydroxylation is 1. The van der Waals surface area contributed by atoms with Gasteiger partial charge in [0.2, 0.25) is 0 Å². The second-order valence-corrected chi connectivity index (χ2v) is 4.42. The van der Waals surface area contributed by atoms with E-state index in [0.717, 1.165) is 32.1 Å². The highest BCUT2D eigenvalue weighted by atomic mass is 16.1. The molecule has 84 valence electrons. The van der Waals surface area contributed by atoms with E-state index in [-0.39, 0.29) is 5.92 Å². The molecule has 1 aliphatic rings. The third-order valence-corrected chi connectivity index (χ3v) is 3.16. The Kier molecular flexibility index (Phi) is 3.92. The van der Waals surface area contributed by atoms with Gasteiger partial charge >= 0.3 is 0 Å². The molecule has 1 aromatic carbocycles. The molecule has 1 unspecified atom stereocenters. The van der Waals surface area contributed by atoms with Gasteiger partial charge < -0.3 is 0 Å². The van der Waals surface area contributed by atoms with Crippen LogP contribution in [0.3, 0.4) is 0 Å². The molecule has 1 fully saturated rings. The maximum Gasteiger partial charge on any atom is 0.139 e. The van der Waals surface area contributed by atoms with Crippen LogP contribution in [-0.2, 0) is 11.2 Å². The molecule has 0 heterocycles. The van der Waals surface area contributed by atoms with Crippen LogP contribution in [0.2, 0.25) is 0 Å². The lowest BCUT2D eigenvalue weighted by atomic mass is 10.0. The summed E-state index contributed by atoms with van der Waals surface area (Å²) in [4.78, 5) is 11.4. The molecule has 16 heavy (non-hydrogen) atoms. The lowest BCUT2D eigenvalue weighted by molar-refractivity contribution is -0.119. The highest BCUT2D eigenvalue weighted by Crippen LogP contribution is 2.22. The first-order valence-corrected chi connectivity index (χ1v) is 6.09. The van der Waals surface area contributed by atoms with Crippen LogP contribution in [0.25, 0.3) is 0 Å². The Balaban J connectivity index is 1.75. The number of hydrogen-bond donors (Lipinski definition) is 0. The summed E-state index contributed by atoms with van der Waals surface area (Å²) in [5.74, 6) is 0.645. The van der Waals surface area contributed by atoms with Gasteiger partial charge in [-0.2, -0.15) is 0 Å². The van der Waals surface area contributed by atoms with Crippen LogP contribution < -0.4 is 0 Å². The smallest absolute Gasteiger partial charge is 0.139 e. The predicted octanol–water partition coefficient (Wildman–Crippen LogP) is 3.54. The van der Waals surface area contributed by atoms with Crippen molar-refractivity contribution in [2.45, 2.75) is 32.1 Å². The van der Waals surface area contributed by atoms with Crippen molar-refractivity contribution in [3.05, 3.63) is 48.0 Å². The number of rotatable bonds is 4. The first kappa shape index (κ1) is 11.1. The molecular weight excluding hydrogens is 196 g/mol. The molecule has 0 bridgehead atoms. The van der Waals surface area contributed by atoms with E-state index in [0.29, 0.717) is 5.78 Å². The van der Waals surface area contributed by atoms with Crippen molar-refractivity contribution in [2.24, 2.45) is 5.92 Å². The van der Waals surface area contributed by atoms with Crippen molar-refractivity contribution < 1.29 is 4.79 Å². The van der Waals surface area contributed by atoms with E-state index in [1.54, 1.807) is 0 Å². The minimum Gasteiger partial charge on any atom is -0.299 e. The molecule has 1 aliphatic carbocycles. The topological polar surface area (TPSA) is 17.1 Å². The van der Waals surface area contributed by atoms with Gasteiger partial charge in [-0.1, -0.05) is 42.5 Å². The quantitative estimate of drug-likeness (QED) is 0.700. The van der Waals surface area contributed by atoms with Gasteiger partial charge in [0.25, 0.3) is 0 Å². The minimum absolute atomic E-state index is 0.218. The normalized spacial score (nSPS) is 20.8. The number of carbonyl (C=O) groups is 1. The zero-order chi connectivity index (χ0) is 11.2. The number of hydrogen-bond acceptors (Lipinski definition) is 1. The monoisotopic (exact) mass is 214 g/mol. The van der Waals surface area contributed by atoms with E-state index < -0.39 is 0 Å². The summed E-state index contributed by atoms with van der Waals surface area (Å²) in [5.41, 5.74) is 1.37. The summed E-state index contributed by atoms with van der Waals surface area (Å²) in [6, 6.07) is 10.5. The van der Waals surface area contributed by atoms with Crippen molar-refractivity contribution in [2.75, 3.05) is 0 Å². The molecule has 1 aromatic rings. The molecule has 0 radical (unpaired) electrons. The van der Waals surface area contributed by atoms with Gasteiger partial charge in [0.1, 0.15) is 5.78 Å². The molecule has 0 saturated heterocycles. The van der Waals surface area contributed by atoms with Crippen LogP contribution in [-0.4, -0.2) is 5.78 Å². The Bertz CT molecular complexity index is 364. The van der Waals surface area contributed by atoms with Crippen LogP contribution in [0.4, 0.5) is 0 Å².